The highest BCUT2D eigenvalue weighted by molar-refractivity contribution is 5.94. The number of amides is 1. The van der Waals surface area contributed by atoms with Crippen LogP contribution in [0.25, 0.3) is 0 Å². The van der Waals surface area contributed by atoms with Crippen LogP contribution in [0.2, 0.25) is 0 Å². The molecule has 2 aliphatic rings. The number of aromatic nitrogens is 1. The zero-order valence-corrected chi connectivity index (χ0v) is 16.0. The van der Waals surface area contributed by atoms with E-state index in [1.54, 1.807) is 6.07 Å². The number of anilines is 1. The fourth-order valence-corrected chi connectivity index (χ4v) is 4.69. The molecular formula is C19H32N4O2. The minimum Gasteiger partial charge on any atom is -0.360 e. The number of piperidine rings is 1. The molecule has 0 bridgehead atoms. The fourth-order valence-electron chi connectivity index (χ4n) is 4.69. The third-order valence-electron chi connectivity index (χ3n) is 5.88. The summed E-state index contributed by atoms with van der Waals surface area (Å²) in [5.41, 5.74) is 0. The molecule has 2 saturated heterocycles. The summed E-state index contributed by atoms with van der Waals surface area (Å²) in [4.78, 5) is 17.8. The van der Waals surface area contributed by atoms with Crippen LogP contribution in [-0.4, -0.2) is 58.1 Å². The second-order valence-corrected chi connectivity index (χ2v) is 7.75. The molecule has 1 N–H and O–H groups in total. The normalized spacial score (nSPS) is 29.7. The van der Waals surface area contributed by atoms with Crippen molar-refractivity contribution in [3.8, 4) is 0 Å². The van der Waals surface area contributed by atoms with Crippen LogP contribution < -0.4 is 5.32 Å². The second-order valence-electron chi connectivity index (χ2n) is 7.75. The van der Waals surface area contributed by atoms with Crippen molar-refractivity contribution in [1.82, 2.24) is 15.0 Å². The predicted octanol–water partition coefficient (Wildman–Crippen LogP) is 3.04. The van der Waals surface area contributed by atoms with Crippen LogP contribution in [0.3, 0.4) is 0 Å². The molecule has 25 heavy (non-hydrogen) atoms. The van der Waals surface area contributed by atoms with E-state index in [9.17, 15) is 4.79 Å². The number of rotatable bonds is 5. The van der Waals surface area contributed by atoms with E-state index in [4.69, 9.17) is 4.52 Å². The van der Waals surface area contributed by atoms with Crippen molar-refractivity contribution in [3.05, 3.63) is 11.8 Å². The molecule has 4 atom stereocenters. The van der Waals surface area contributed by atoms with Gasteiger partial charge in [0.15, 0.2) is 5.82 Å². The predicted molar refractivity (Wildman–Crippen MR) is 98.5 cm³/mol. The van der Waals surface area contributed by atoms with E-state index in [0.29, 0.717) is 29.7 Å². The molecule has 140 valence electrons. The molecule has 0 radical (unpaired) electrons. The van der Waals surface area contributed by atoms with Crippen molar-refractivity contribution < 1.29 is 9.32 Å². The molecular weight excluding hydrogens is 316 g/mol. The zero-order valence-electron chi connectivity index (χ0n) is 16.0. The highest BCUT2D eigenvalue weighted by Crippen LogP contribution is 2.30. The first-order valence-electron chi connectivity index (χ1n) is 9.75. The molecule has 6 heteroatoms. The minimum atomic E-state index is -0.104. The Morgan fingerprint density at radius 2 is 2.08 bits per heavy atom. The van der Waals surface area contributed by atoms with Gasteiger partial charge >= 0.3 is 0 Å². The maximum Gasteiger partial charge on any atom is 0.242 e. The third kappa shape index (κ3) is 4.06. The van der Waals surface area contributed by atoms with E-state index in [1.807, 2.05) is 6.92 Å². The van der Waals surface area contributed by atoms with E-state index in [2.05, 4.69) is 41.0 Å². The lowest BCUT2D eigenvalue weighted by Gasteiger charge is -2.43. The molecule has 1 aromatic rings. The maximum absolute atomic E-state index is 12.8. The van der Waals surface area contributed by atoms with E-state index in [1.165, 1.54) is 19.3 Å². The van der Waals surface area contributed by atoms with Crippen molar-refractivity contribution in [3.63, 3.8) is 0 Å². The van der Waals surface area contributed by atoms with Crippen molar-refractivity contribution in [2.75, 3.05) is 18.4 Å². The molecule has 6 nitrogen and oxygen atoms in total. The summed E-state index contributed by atoms with van der Waals surface area (Å²) in [5.74, 6) is 1.24. The number of nitrogens with zero attached hydrogens (tertiary/aromatic N) is 3. The van der Waals surface area contributed by atoms with Gasteiger partial charge in [-0.25, -0.2) is 0 Å². The molecule has 0 saturated carbocycles. The van der Waals surface area contributed by atoms with Gasteiger partial charge in [-0.15, -0.1) is 0 Å². The van der Waals surface area contributed by atoms with Crippen LogP contribution in [-0.2, 0) is 4.79 Å². The van der Waals surface area contributed by atoms with E-state index in [0.717, 1.165) is 25.9 Å². The smallest absolute Gasteiger partial charge is 0.242 e. The van der Waals surface area contributed by atoms with Gasteiger partial charge in [-0.2, -0.15) is 0 Å². The summed E-state index contributed by atoms with van der Waals surface area (Å²) in [5, 5.41) is 6.80. The first-order valence-corrected chi connectivity index (χ1v) is 9.75. The lowest BCUT2D eigenvalue weighted by Crippen LogP contribution is -2.55. The van der Waals surface area contributed by atoms with Crippen LogP contribution in [0.4, 0.5) is 5.82 Å². The third-order valence-corrected chi connectivity index (χ3v) is 5.88. The lowest BCUT2D eigenvalue weighted by molar-refractivity contribution is -0.122. The van der Waals surface area contributed by atoms with Gasteiger partial charge < -0.3 is 9.84 Å². The molecule has 0 aliphatic carbocycles. The summed E-state index contributed by atoms with van der Waals surface area (Å²) in [6, 6.07) is 3.54. The topological polar surface area (TPSA) is 61.6 Å². The van der Waals surface area contributed by atoms with Crippen molar-refractivity contribution >= 4 is 11.7 Å². The van der Waals surface area contributed by atoms with Gasteiger partial charge in [0, 0.05) is 30.7 Å². The number of hydrogen-bond donors (Lipinski definition) is 1. The van der Waals surface area contributed by atoms with Crippen LogP contribution in [0.15, 0.2) is 10.6 Å². The fraction of sp³-hybridized carbons (Fsp3) is 0.789. The van der Waals surface area contributed by atoms with Crippen LogP contribution in [0.5, 0.6) is 0 Å². The Morgan fingerprint density at radius 3 is 2.68 bits per heavy atom. The monoisotopic (exact) mass is 348 g/mol. The molecule has 1 aromatic heterocycles. The van der Waals surface area contributed by atoms with Crippen LogP contribution in [0.1, 0.15) is 58.6 Å². The van der Waals surface area contributed by atoms with E-state index in [-0.39, 0.29) is 11.9 Å². The first-order chi connectivity index (χ1) is 12.0. The summed E-state index contributed by atoms with van der Waals surface area (Å²) in [6.07, 6.45) is 5.79. The Balaban J connectivity index is 1.64. The highest BCUT2D eigenvalue weighted by Gasteiger charge is 2.37. The summed E-state index contributed by atoms with van der Waals surface area (Å²) >= 11 is 0. The van der Waals surface area contributed by atoms with Gasteiger partial charge in [0.05, 0.1) is 6.04 Å². The molecule has 0 unspecified atom stereocenters. The standard InChI is InChI=1S/C19H32N4O2/c1-5-17(19(24)20-18-11-15(4)25-21-18)22-10-6-7-16(12-22)23-13(2)8-9-14(23)3/h11,13-14,16-17H,5-10,12H2,1-4H3,(H,20,21,24)/t13-,14+,16-,17+/m0/s1. The van der Waals surface area contributed by atoms with Crippen LogP contribution in [0, 0.1) is 6.92 Å². The zero-order chi connectivity index (χ0) is 18.0. The number of aryl methyl sites for hydroxylation is 1. The Labute approximate surface area is 150 Å². The van der Waals surface area contributed by atoms with E-state index < -0.39 is 0 Å². The Kier molecular flexibility index (Phi) is 5.79. The van der Waals surface area contributed by atoms with Gasteiger partial charge in [-0.05, 0) is 59.4 Å². The maximum atomic E-state index is 12.8. The molecule has 0 aromatic carbocycles. The van der Waals surface area contributed by atoms with E-state index >= 15 is 0 Å². The average molecular weight is 348 g/mol. The minimum absolute atomic E-state index is 0.0268. The first kappa shape index (κ1) is 18.4. The second kappa shape index (κ2) is 7.87. The average Bonchev–Trinajstić information content (AvgIpc) is 3.13. The summed E-state index contributed by atoms with van der Waals surface area (Å²) < 4.78 is 5.05. The number of carbonyl (C=O) groups excluding carboxylic acids is 1. The number of carbonyl (C=O) groups is 1. The molecule has 2 fully saturated rings. The molecule has 2 aliphatic heterocycles. The molecule has 0 spiro atoms. The summed E-state index contributed by atoms with van der Waals surface area (Å²) in [7, 11) is 0. The van der Waals surface area contributed by atoms with Gasteiger partial charge in [-0.3, -0.25) is 14.6 Å². The number of hydrogen-bond acceptors (Lipinski definition) is 5. The van der Waals surface area contributed by atoms with Gasteiger partial charge in [0.2, 0.25) is 5.91 Å². The number of likely N-dealkylation sites (tertiary alicyclic amines) is 2. The van der Waals surface area contributed by atoms with Gasteiger partial charge in [-0.1, -0.05) is 12.1 Å². The molecule has 1 amide bonds. The quantitative estimate of drug-likeness (QED) is 0.886. The Morgan fingerprint density at radius 1 is 1.36 bits per heavy atom. The largest absolute Gasteiger partial charge is 0.360 e. The highest BCUT2D eigenvalue weighted by atomic mass is 16.5. The molecule has 3 heterocycles. The van der Waals surface area contributed by atoms with Crippen molar-refractivity contribution in [2.24, 2.45) is 0 Å². The lowest BCUT2D eigenvalue weighted by atomic mass is 9.99. The van der Waals surface area contributed by atoms with Crippen molar-refractivity contribution in [1.29, 1.82) is 0 Å². The Bertz CT molecular complexity index is 578. The van der Waals surface area contributed by atoms with Gasteiger partial charge in [0.1, 0.15) is 5.76 Å². The van der Waals surface area contributed by atoms with Crippen molar-refractivity contribution in [2.45, 2.75) is 84.0 Å². The summed E-state index contributed by atoms with van der Waals surface area (Å²) in [6.45, 7) is 10.6. The SMILES string of the molecule is CC[C@H](C(=O)Nc1cc(C)on1)N1CCC[C@H](N2[C@H](C)CC[C@@H]2C)C1. The number of nitrogens with one attached hydrogen (secondary N) is 1. The van der Waals surface area contributed by atoms with Gasteiger partial charge in [0.25, 0.3) is 0 Å². The molecule has 3 rings (SSSR count). The Hall–Kier alpha value is -1.40. The van der Waals surface area contributed by atoms with Crippen LogP contribution >= 0.6 is 0 Å².